The number of nitrogens with two attached hydrogens (primary N) is 1. The molecule has 0 aliphatic carbocycles. The van der Waals surface area contributed by atoms with Gasteiger partial charge in [0.25, 0.3) is 0 Å². The minimum absolute atomic E-state index is 0.194. The minimum atomic E-state index is 0.194. The lowest BCUT2D eigenvalue weighted by atomic mass is 9.97. The van der Waals surface area contributed by atoms with Gasteiger partial charge < -0.3 is 5.73 Å². The maximum Gasteiger partial charge on any atom is 0.0538 e. The summed E-state index contributed by atoms with van der Waals surface area (Å²) in [4.78, 5) is 4.93. The van der Waals surface area contributed by atoms with Gasteiger partial charge in [-0.05, 0) is 34.7 Å². The van der Waals surface area contributed by atoms with E-state index in [1.165, 1.54) is 5.56 Å². The molecule has 0 saturated carbocycles. The van der Waals surface area contributed by atoms with Crippen molar-refractivity contribution < 1.29 is 0 Å². The number of aromatic nitrogens is 2. The van der Waals surface area contributed by atoms with Crippen molar-refractivity contribution in [2.24, 2.45) is 5.73 Å². The van der Waals surface area contributed by atoms with E-state index in [-0.39, 0.29) is 11.6 Å². The van der Waals surface area contributed by atoms with Crippen LogP contribution < -0.4 is 5.73 Å². The first-order chi connectivity index (χ1) is 9.35. The van der Waals surface area contributed by atoms with Crippen LogP contribution in [0.2, 0.25) is 0 Å². The Hall–Kier alpha value is -0.910. The van der Waals surface area contributed by atoms with Gasteiger partial charge in [0.15, 0.2) is 0 Å². The highest BCUT2D eigenvalue weighted by molar-refractivity contribution is 5.13. The molecular formula is C15H29N5. The van der Waals surface area contributed by atoms with Crippen LogP contribution in [0.4, 0.5) is 0 Å². The molecule has 5 nitrogen and oxygen atoms in total. The smallest absolute Gasteiger partial charge is 0.0538 e. The van der Waals surface area contributed by atoms with Crippen molar-refractivity contribution >= 4 is 0 Å². The predicted molar refractivity (Wildman–Crippen MR) is 82.7 cm³/mol. The first-order valence-corrected chi connectivity index (χ1v) is 7.54. The summed E-state index contributed by atoms with van der Waals surface area (Å²) in [7, 11) is 2.20. The van der Waals surface area contributed by atoms with Crippen molar-refractivity contribution in [3.05, 3.63) is 18.0 Å². The zero-order chi connectivity index (χ0) is 14.9. The normalized spacial score (nSPS) is 22.4. The third kappa shape index (κ3) is 3.05. The molecule has 5 heteroatoms. The molecule has 2 heterocycles. The topological polar surface area (TPSA) is 50.3 Å². The van der Waals surface area contributed by atoms with Crippen LogP contribution in [-0.4, -0.2) is 58.3 Å². The Morgan fingerprint density at radius 3 is 2.55 bits per heavy atom. The molecule has 1 unspecified atom stereocenters. The maximum absolute atomic E-state index is 6.05. The van der Waals surface area contributed by atoms with Gasteiger partial charge in [0.2, 0.25) is 0 Å². The molecule has 20 heavy (non-hydrogen) atoms. The molecule has 1 aromatic rings. The molecule has 1 aromatic heterocycles. The molecule has 1 atom stereocenters. The van der Waals surface area contributed by atoms with Gasteiger partial charge in [-0.3, -0.25) is 14.5 Å². The van der Waals surface area contributed by atoms with Gasteiger partial charge in [0, 0.05) is 49.5 Å². The summed E-state index contributed by atoms with van der Waals surface area (Å²) in [6.07, 6.45) is 4.12. The molecule has 0 aromatic carbocycles. The number of nitrogens with zero attached hydrogens (tertiary/aromatic N) is 4. The zero-order valence-corrected chi connectivity index (χ0v) is 13.5. The Bertz CT molecular complexity index is 437. The lowest BCUT2D eigenvalue weighted by Gasteiger charge is -2.47. The second-order valence-electron chi connectivity index (χ2n) is 6.80. The van der Waals surface area contributed by atoms with E-state index >= 15 is 0 Å². The lowest BCUT2D eigenvalue weighted by Crippen LogP contribution is -2.58. The summed E-state index contributed by atoms with van der Waals surface area (Å²) in [5.41, 5.74) is 7.48. The number of likely N-dealkylation sites (N-methyl/N-ethyl adjacent to an activating group) is 1. The van der Waals surface area contributed by atoms with Crippen molar-refractivity contribution in [2.45, 2.75) is 45.3 Å². The molecule has 2 rings (SSSR count). The summed E-state index contributed by atoms with van der Waals surface area (Å²) < 4.78 is 2.01. The van der Waals surface area contributed by atoms with Crippen LogP contribution in [0, 0.1) is 0 Å². The fourth-order valence-electron chi connectivity index (χ4n) is 2.85. The summed E-state index contributed by atoms with van der Waals surface area (Å²) >= 11 is 0. The first kappa shape index (κ1) is 15.5. The first-order valence-electron chi connectivity index (χ1n) is 7.54. The van der Waals surface area contributed by atoms with Crippen LogP contribution >= 0.6 is 0 Å². The molecule has 0 bridgehead atoms. The highest BCUT2D eigenvalue weighted by Gasteiger charge is 2.34. The fourth-order valence-corrected chi connectivity index (χ4v) is 2.85. The van der Waals surface area contributed by atoms with Gasteiger partial charge in [-0.2, -0.15) is 5.10 Å². The largest absolute Gasteiger partial charge is 0.329 e. The minimum Gasteiger partial charge on any atom is -0.329 e. The van der Waals surface area contributed by atoms with E-state index < -0.39 is 0 Å². The van der Waals surface area contributed by atoms with Crippen molar-refractivity contribution in [3.63, 3.8) is 0 Å². The Labute approximate surface area is 122 Å². The van der Waals surface area contributed by atoms with Gasteiger partial charge in [-0.15, -0.1) is 0 Å². The van der Waals surface area contributed by atoms with Crippen molar-refractivity contribution in [2.75, 3.05) is 33.2 Å². The summed E-state index contributed by atoms with van der Waals surface area (Å²) in [5, 5.41) is 4.45. The standard InChI is InChI=1S/C15H29N5/c1-12(2)20-10-13(9-17-20)14(8-16)19-7-6-18(5)15(3,4)11-19/h9-10,12,14H,6-8,11,16H2,1-5H3. The monoisotopic (exact) mass is 279 g/mol. The Kier molecular flexibility index (Phi) is 4.52. The molecule has 1 fully saturated rings. The summed E-state index contributed by atoms with van der Waals surface area (Å²) in [6, 6.07) is 0.668. The summed E-state index contributed by atoms with van der Waals surface area (Å²) in [6.45, 7) is 12.7. The number of hydrogen-bond donors (Lipinski definition) is 1. The van der Waals surface area contributed by atoms with Crippen molar-refractivity contribution in [1.29, 1.82) is 0 Å². The Morgan fingerprint density at radius 2 is 2.05 bits per heavy atom. The Balaban J connectivity index is 2.15. The molecule has 0 radical (unpaired) electrons. The van der Waals surface area contributed by atoms with Crippen molar-refractivity contribution in [1.82, 2.24) is 19.6 Å². The van der Waals surface area contributed by atoms with Crippen LogP contribution in [0.25, 0.3) is 0 Å². The van der Waals surface area contributed by atoms with E-state index in [2.05, 4.69) is 55.8 Å². The third-order valence-electron chi connectivity index (χ3n) is 4.55. The van der Waals surface area contributed by atoms with Gasteiger partial charge in [-0.1, -0.05) is 0 Å². The van der Waals surface area contributed by atoms with E-state index in [9.17, 15) is 0 Å². The molecule has 0 amide bonds. The molecule has 114 valence electrons. The second kappa shape index (κ2) is 5.84. The lowest BCUT2D eigenvalue weighted by molar-refractivity contribution is 0.0180. The third-order valence-corrected chi connectivity index (χ3v) is 4.55. The van der Waals surface area contributed by atoms with Crippen LogP contribution in [0.3, 0.4) is 0 Å². The van der Waals surface area contributed by atoms with Crippen LogP contribution in [-0.2, 0) is 0 Å². The summed E-state index contributed by atoms with van der Waals surface area (Å²) in [5.74, 6) is 0. The van der Waals surface area contributed by atoms with E-state index in [0.717, 1.165) is 19.6 Å². The molecule has 1 aliphatic heterocycles. The quantitative estimate of drug-likeness (QED) is 0.907. The average Bonchev–Trinajstić information content (AvgIpc) is 2.84. The molecule has 1 aliphatic rings. The van der Waals surface area contributed by atoms with E-state index in [0.29, 0.717) is 12.6 Å². The second-order valence-corrected chi connectivity index (χ2v) is 6.80. The van der Waals surface area contributed by atoms with Gasteiger partial charge in [0.05, 0.1) is 12.2 Å². The van der Waals surface area contributed by atoms with Crippen LogP contribution in [0.1, 0.15) is 45.3 Å². The van der Waals surface area contributed by atoms with E-state index in [1.807, 2.05) is 10.9 Å². The zero-order valence-electron chi connectivity index (χ0n) is 13.5. The van der Waals surface area contributed by atoms with E-state index in [4.69, 9.17) is 5.73 Å². The maximum atomic E-state index is 6.05. The Morgan fingerprint density at radius 1 is 1.35 bits per heavy atom. The van der Waals surface area contributed by atoms with E-state index in [1.54, 1.807) is 0 Å². The number of hydrogen-bond acceptors (Lipinski definition) is 4. The molecule has 1 saturated heterocycles. The SMILES string of the molecule is CC(C)n1cc(C(CN)N2CCN(C)C(C)(C)C2)cn1. The fraction of sp³-hybridized carbons (Fsp3) is 0.800. The predicted octanol–water partition coefficient (Wildman–Crippen LogP) is 1.49. The van der Waals surface area contributed by atoms with Gasteiger partial charge >= 0.3 is 0 Å². The van der Waals surface area contributed by atoms with Crippen LogP contribution in [0.5, 0.6) is 0 Å². The number of rotatable bonds is 4. The highest BCUT2D eigenvalue weighted by atomic mass is 15.3. The molecule has 2 N–H and O–H groups in total. The van der Waals surface area contributed by atoms with Crippen LogP contribution in [0.15, 0.2) is 12.4 Å². The molecular weight excluding hydrogens is 250 g/mol. The highest BCUT2D eigenvalue weighted by Crippen LogP contribution is 2.27. The van der Waals surface area contributed by atoms with Crippen molar-refractivity contribution in [3.8, 4) is 0 Å². The molecule has 0 spiro atoms. The number of piperazine rings is 1. The van der Waals surface area contributed by atoms with Gasteiger partial charge in [-0.25, -0.2) is 0 Å². The van der Waals surface area contributed by atoms with Gasteiger partial charge in [0.1, 0.15) is 0 Å². The average molecular weight is 279 g/mol.